The third kappa shape index (κ3) is 2.03. The van der Waals surface area contributed by atoms with E-state index in [9.17, 15) is 0 Å². The normalized spacial score (nSPS) is 16.1. The smallest absolute Gasteiger partial charge is 0.138 e. The van der Waals surface area contributed by atoms with E-state index in [0.717, 1.165) is 28.2 Å². The molecule has 3 heteroatoms. The van der Waals surface area contributed by atoms with Crippen LogP contribution in [0.4, 0.5) is 0 Å². The van der Waals surface area contributed by atoms with Crippen molar-refractivity contribution in [3.8, 4) is 22.6 Å². The molecule has 0 amide bonds. The van der Waals surface area contributed by atoms with Crippen LogP contribution in [-0.2, 0) is 10.2 Å². The van der Waals surface area contributed by atoms with Crippen LogP contribution in [0, 0.1) is 0 Å². The SMILES string of the molecule is COC1=CCOc2c1c1c(c3ccccc23)-c2ccc(OC)cc2C1(C)C. The molecule has 0 spiro atoms. The standard InChI is InChI=1S/C24H22O3/c1-24(2)18-13-14(25-3)9-10-17(18)20-15-7-5-6-8-16(15)23-21(22(20)24)19(26-4)11-12-27-23/h5-11,13H,12H2,1-4H3. The van der Waals surface area contributed by atoms with Gasteiger partial charge in [0.1, 0.15) is 23.9 Å². The van der Waals surface area contributed by atoms with Crippen molar-refractivity contribution < 1.29 is 14.2 Å². The Kier molecular flexibility index (Phi) is 3.33. The Bertz CT molecular complexity index is 1120. The van der Waals surface area contributed by atoms with Crippen LogP contribution in [0.15, 0.2) is 48.5 Å². The molecule has 0 aromatic heterocycles. The van der Waals surface area contributed by atoms with Gasteiger partial charge in [-0.15, -0.1) is 0 Å². The molecule has 1 aliphatic heterocycles. The van der Waals surface area contributed by atoms with E-state index in [0.29, 0.717) is 6.61 Å². The first-order valence-electron chi connectivity index (χ1n) is 9.23. The molecule has 0 saturated carbocycles. The molecule has 3 aromatic rings. The van der Waals surface area contributed by atoms with Crippen molar-refractivity contribution >= 4 is 16.5 Å². The molecule has 0 bridgehead atoms. The van der Waals surface area contributed by atoms with E-state index in [1.165, 1.54) is 27.6 Å². The van der Waals surface area contributed by atoms with Gasteiger partial charge in [-0.1, -0.05) is 44.2 Å². The van der Waals surface area contributed by atoms with Crippen LogP contribution in [-0.4, -0.2) is 20.8 Å². The second kappa shape index (κ2) is 5.53. The molecule has 0 saturated heterocycles. The van der Waals surface area contributed by atoms with Crippen LogP contribution < -0.4 is 9.47 Å². The molecule has 0 radical (unpaired) electrons. The van der Waals surface area contributed by atoms with Crippen LogP contribution in [0.2, 0.25) is 0 Å². The molecule has 136 valence electrons. The van der Waals surface area contributed by atoms with Crippen LogP contribution in [0.25, 0.3) is 27.7 Å². The van der Waals surface area contributed by atoms with Gasteiger partial charge in [-0.05, 0) is 45.8 Å². The maximum absolute atomic E-state index is 6.15. The van der Waals surface area contributed by atoms with Gasteiger partial charge < -0.3 is 14.2 Å². The summed E-state index contributed by atoms with van der Waals surface area (Å²) in [6.07, 6.45) is 2.02. The predicted octanol–water partition coefficient (Wildman–Crippen LogP) is 5.53. The minimum atomic E-state index is -0.189. The number of methoxy groups -OCH3 is 2. The monoisotopic (exact) mass is 358 g/mol. The van der Waals surface area contributed by atoms with Gasteiger partial charge >= 0.3 is 0 Å². The quantitative estimate of drug-likeness (QED) is 0.602. The zero-order valence-corrected chi connectivity index (χ0v) is 16.1. The average molecular weight is 358 g/mol. The summed E-state index contributed by atoms with van der Waals surface area (Å²) in [5, 5.41) is 2.36. The predicted molar refractivity (Wildman–Crippen MR) is 109 cm³/mol. The fraction of sp³-hybridized carbons (Fsp3) is 0.250. The highest BCUT2D eigenvalue weighted by atomic mass is 16.5. The Morgan fingerprint density at radius 2 is 1.70 bits per heavy atom. The Labute approximate surface area is 159 Å². The number of benzene rings is 3. The fourth-order valence-corrected chi connectivity index (χ4v) is 4.71. The van der Waals surface area contributed by atoms with Crippen molar-refractivity contribution in [2.75, 3.05) is 20.8 Å². The Balaban J connectivity index is 1.99. The van der Waals surface area contributed by atoms with E-state index >= 15 is 0 Å². The van der Waals surface area contributed by atoms with Gasteiger partial charge in [0.2, 0.25) is 0 Å². The number of hydrogen-bond acceptors (Lipinski definition) is 3. The van der Waals surface area contributed by atoms with Crippen LogP contribution in [0.5, 0.6) is 11.5 Å². The number of ether oxygens (including phenoxy) is 3. The molecule has 3 aromatic carbocycles. The van der Waals surface area contributed by atoms with Gasteiger partial charge in [0.25, 0.3) is 0 Å². The van der Waals surface area contributed by atoms with Gasteiger partial charge in [0.15, 0.2) is 0 Å². The van der Waals surface area contributed by atoms with Crippen LogP contribution in [0.3, 0.4) is 0 Å². The molecule has 27 heavy (non-hydrogen) atoms. The molecular weight excluding hydrogens is 336 g/mol. The van der Waals surface area contributed by atoms with Gasteiger partial charge in [-0.2, -0.15) is 0 Å². The zero-order chi connectivity index (χ0) is 18.8. The summed E-state index contributed by atoms with van der Waals surface area (Å²) in [4.78, 5) is 0. The number of rotatable bonds is 2. The average Bonchev–Trinajstić information content (AvgIpc) is 2.94. The van der Waals surface area contributed by atoms with E-state index in [1.54, 1.807) is 14.2 Å². The molecule has 0 unspecified atom stereocenters. The second-order valence-electron chi connectivity index (χ2n) is 7.62. The van der Waals surface area contributed by atoms with Crippen LogP contribution in [0.1, 0.15) is 30.5 Å². The van der Waals surface area contributed by atoms with Crippen molar-refractivity contribution in [1.29, 1.82) is 0 Å². The summed E-state index contributed by atoms with van der Waals surface area (Å²) >= 11 is 0. The van der Waals surface area contributed by atoms with Crippen molar-refractivity contribution in [2.45, 2.75) is 19.3 Å². The Morgan fingerprint density at radius 1 is 0.926 bits per heavy atom. The van der Waals surface area contributed by atoms with E-state index in [1.807, 2.05) is 12.1 Å². The summed E-state index contributed by atoms with van der Waals surface area (Å²) < 4.78 is 17.4. The Morgan fingerprint density at radius 3 is 2.44 bits per heavy atom. The maximum atomic E-state index is 6.15. The second-order valence-corrected chi connectivity index (χ2v) is 7.62. The van der Waals surface area contributed by atoms with Crippen molar-refractivity contribution in [3.05, 3.63) is 65.2 Å². The molecule has 3 nitrogen and oxygen atoms in total. The minimum absolute atomic E-state index is 0.189. The molecule has 1 aliphatic carbocycles. The van der Waals surface area contributed by atoms with Gasteiger partial charge in [0.05, 0.1) is 19.8 Å². The maximum Gasteiger partial charge on any atom is 0.138 e. The lowest BCUT2D eigenvalue weighted by Crippen LogP contribution is -2.20. The Hall–Kier alpha value is -2.94. The molecule has 0 N–H and O–H groups in total. The zero-order valence-electron chi connectivity index (χ0n) is 16.1. The summed E-state index contributed by atoms with van der Waals surface area (Å²) in [5.74, 6) is 2.70. The molecule has 2 aliphatic rings. The van der Waals surface area contributed by atoms with Gasteiger partial charge in [-0.25, -0.2) is 0 Å². The summed E-state index contributed by atoms with van der Waals surface area (Å²) in [6, 6.07) is 14.9. The van der Waals surface area contributed by atoms with Gasteiger partial charge in [0, 0.05) is 10.8 Å². The van der Waals surface area contributed by atoms with Crippen LogP contribution >= 0.6 is 0 Å². The largest absolute Gasteiger partial charge is 0.497 e. The highest BCUT2D eigenvalue weighted by Crippen LogP contribution is 2.57. The highest BCUT2D eigenvalue weighted by molar-refractivity contribution is 6.09. The first-order valence-corrected chi connectivity index (χ1v) is 9.23. The highest BCUT2D eigenvalue weighted by Gasteiger charge is 2.42. The van der Waals surface area contributed by atoms with E-state index in [-0.39, 0.29) is 5.41 Å². The lowest BCUT2D eigenvalue weighted by Gasteiger charge is -2.29. The van der Waals surface area contributed by atoms with E-state index in [2.05, 4.69) is 50.2 Å². The van der Waals surface area contributed by atoms with Crippen molar-refractivity contribution in [1.82, 2.24) is 0 Å². The van der Waals surface area contributed by atoms with Crippen molar-refractivity contribution in [3.63, 3.8) is 0 Å². The van der Waals surface area contributed by atoms with Gasteiger partial charge in [-0.3, -0.25) is 0 Å². The van der Waals surface area contributed by atoms with Crippen molar-refractivity contribution in [2.24, 2.45) is 0 Å². The number of fused-ring (bicyclic) bond motifs is 8. The fourth-order valence-electron chi connectivity index (χ4n) is 4.71. The third-order valence-electron chi connectivity index (χ3n) is 5.93. The van der Waals surface area contributed by atoms with E-state index < -0.39 is 0 Å². The minimum Gasteiger partial charge on any atom is -0.497 e. The molecule has 1 heterocycles. The first kappa shape index (κ1) is 16.2. The number of hydrogen-bond donors (Lipinski definition) is 0. The molecule has 5 rings (SSSR count). The third-order valence-corrected chi connectivity index (χ3v) is 5.93. The first-order chi connectivity index (χ1) is 13.1. The lowest BCUT2D eigenvalue weighted by molar-refractivity contribution is 0.322. The summed E-state index contributed by atoms with van der Waals surface area (Å²) in [6.45, 7) is 5.07. The van der Waals surface area contributed by atoms with E-state index in [4.69, 9.17) is 14.2 Å². The summed E-state index contributed by atoms with van der Waals surface area (Å²) in [5.41, 5.74) is 5.98. The lowest BCUT2D eigenvalue weighted by atomic mass is 9.78. The summed E-state index contributed by atoms with van der Waals surface area (Å²) in [7, 11) is 3.45. The topological polar surface area (TPSA) is 27.7 Å². The molecule has 0 fully saturated rings. The molecular formula is C24H22O3. The molecule has 0 atom stereocenters.